The zero-order chi connectivity index (χ0) is 17.5. The number of nitrogens with zero attached hydrogens (tertiary/aromatic N) is 4. The van der Waals surface area contributed by atoms with Gasteiger partial charge in [-0.05, 0) is 40.6 Å². The van der Waals surface area contributed by atoms with E-state index in [4.69, 9.17) is 15.2 Å². The number of anilines is 1. The summed E-state index contributed by atoms with van der Waals surface area (Å²) in [6.07, 6.45) is 0. The number of hydrogen-bond donors (Lipinski definition) is 2. The lowest BCUT2D eigenvalue weighted by molar-refractivity contribution is 0.269. The zero-order valence-corrected chi connectivity index (χ0v) is 13.9. The lowest BCUT2D eigenvalue weighted by atomic mass is 10.2. The molecule has 130 valence electrons. The van der Waals surface area contributed by atoms with E-state index in [0.717, 1.165) is 11.1 Å². The van der Waals surface area contributed by atoms with Crippen molar-refractivity contribution in [3.8, 4) is 11.5 Å². The van der Waals surface area contributed by atoms with Crippen LogP contribution in [0.5, 0.6) is 11.5 Å². The summed E-state index contributed by atoms with van der Waals surface area (Å²) >= 11 is 0. The average molecular weight is 340 g/mol. The van der Waals surface area contributed by atoms with Crippen molar-refractivity contribution in [2.45, 2.75) is 20.1 Å². The van der Waals surface area contributed by atoms with Crippen molar-refractivity contribution in [2.75, 3.05) is 17.8 Å². The Hall–Kier alpha value is -3.29. The van der Waals surface area contributed by atoms with E-state index >= 15 is 0 Å². The number of nitrogens with two attached hydrogens (primary N) is 1. The molecular formula is C17H20N6O2. The first-order chi connectivity index (χ1) is 12.3. The molecule has 0 atom stereocenters. The third-order valence-electron chi connectivity index (χ3n) is 3.47. The maximum absolute atomic E-state index is 5.90. The number of tetrazole rings is 1. The van der Waals surface area contributed by atoms with Crippen molar-refractivity contribution >= 4 is 5.95 Å². The molecule has 0 aliphatic rings. The molecule has 2 aromatic carbocycles. The lowest BCUT2D eigenvalue weighted by Crippen LogP contribution is -2.18. The van der Waals surface area contributed by atoms with Gasteiger partial charge in [0, 0.05) is 0 Å². The molecule has 25 heavy (non-hydrogen) atoms. The molecular weight excluding hydrogens is 320 g/mol. The van der Waals surface area contributed by atoms with Gasteiger partial charge < -0.3 is 20.6 Å². The van der Waals surface area contributed by atoms with Crippen molar-refractivity contribution in [2.24, 2.45) is 0 Å². The molecule has 3 N–H and O–H groups in total. The Morgan fingerprint density at radius 1 is 1.04 bits per heavy atom. The molecule has 3 rings (SSSR count). The highest BCUT2D eigenvalue weighted by Gasteiger charge is 2.08. The van der Waals surface area contributed by atoms with Gasteiger partial charge in [-0.3, -0.25) is 0 Å². The van der Waals surface area contributed by atoms with Crippen LogP contribution in [0.4, 0.5) is 5.95 Å². The number of ether oxygens (including phenoxy) is 2. The third-order valence-corrected chi connectivity index (χ3v) is 3.47. The molecule has 1 heterocycles. The highest BCUT2D eigenvalue weighted by molar-refractivity contribution is 5.43. The summed E-state index contributed by atoms with van der Waals surface area (Å²) in [5.41, 5.74) is 10.7. The van der Waals surface area contributed by atoms with E-state index in [-0.39, 0.29) is 5.95 Å². The molecule has 0 bridgehead atoms. The number of nitrogens with one attached hydrogen (secondary N) is 1. The molecule has 1 aromatic heterocycles. The number of hydrogen-bond acceptors (Lipinski definition) is 7. The highest BCUT2D eigenvalue weighted by Crippen LogP contribution is 2.29. The molecule has 0 saturated carbocycles. The number of benzene rings is 2. The Morgan fingerprint density at radius 3 is 2.60 bits per heavy atom. The van der Waals surface area contributed by atoms with E-state index in [1.165, 1.54) is 4.79 Å². The minimum Gasteiger partial charge on any atom is -0.490 e. The topological polar surface area (TPSA) is 100 Å². The van der Waals surface area contributed by atoms with Gasteiger partial charge in [0.1, 0.15) is 6.61 Å². The highest BCUT2D eigenvalue weighted by atomic mass is 16.5. The largest absolute Gasteiger partial charge is 0.490 e. The van der Waals surface area contributed by atoms with Crippen LogP contribution in [0, 0.1) is 0 Å². The minimum atomic E-state index is 0.202. The summed E-state index contributed by atoms with van der Waals surface area (Å²) in [5, 5.41) is 10.8. The second-order valence-corrected chi connectivity index (χ2v) is 5.27. The predicted molar refractivity (Wildman–Crippen MR) is 93.7 cm³/mol. The molecule has 0 radical (unpaired) electrons. The molecule has 0 amide bonds. The van der Waals surface area contributed by atoms with Crippen LogP contribution in [0.2, 0.25) is 0 Å². The Bertz CT molecular complexity index is 806. The second-order valence-electron chi connectivity index (χ2n) is 5.27. The Labute approximate surface area is 145 Å². The molecule has 0 aliphatic heterocycles. The first-order valence-electron chi connectivity index (χ1n) is 7.96. The summed E-state index contributed by atoms with van der Waals surface area (Å²) in [4.78, 5) is 1.32. The molecule has 3 aromatic rings. The van der Waals surface area contributed by atoms with E-state index in [1.807, 2.05) is 55.5 Å². The van der Waals surface area contributed by atoms with Gasteiger partial charge in [0.25, 0.3) is 5.95 Å². The van der Waals surface area contributed by atoms with Crippen molar-refractivity contribution < 1.29 is 9.47 Å². The van der Waals surface area contributed by atoms with Crippen LogP contribution in [-0.2, 0) is 13.2 Å². The third kappa shape index (κ3) is 4.37. The SMILES string of the molecule is CCOc1cc(CNn2nnnc2N)ccc1OCc1ccccc1. The fraction of sp³-hybridized carbons (Fsp3) is 0.235. The molecule has 8 heteroatoms. The quantitative estimate of drug-likeness (QED) is 0.646. The van der Waals surface area contributed by atoms with E-state index < -0.39 is 0 Å². The zero-order valence-electron chi connectivity index (χ0n) is 13.9. The van der Waals surface area contributed by atoms with Crippen LogP contribution in [0.15, 0.2) is 48.5 Å². The maximum atomic E-state index is 5.90. The fourth-order valence-electron chi connectivity index (χ4n) is 2.26. The summed E-state index contributed by atoms with van der Waals surface area (Å²) < 4.78 is 11.6. The average Bonchev–Trinajstić information content (AvgIpc) is 3.05. The van der Waals surface area contributed by atoms with Crippen molar-refractivity contribution in [1.29, 1.82) is 0 Å². The van der Waals surface area contributed by atoms with Crippen molar-refractivity contribution in [3.05, 3.63) is 59.7 Å². The van der Waals surface area contributed by atoms with Gasteiger partial charge in [0.05, 0.1) is 13.2 Å². The predicted octanol–water partition coefficient (Wildman–Crippen LogP) is 1.98. The Balaban J connectivity index is 1.68. The normalized spacial score (nSPS) is 10.4. The molecule has 0 unspecified atom stereocenters. The fourth-order valence-corrected chi connectivity index (χ4v) is 2.26. The smallest absolute Gasteiger partial charge is 0.260 e. The van der Waals surface area contributed by atoms with Crippen LogP contribution >= 0.6 is 0 Å². The standard InChI is InChI=1S/C17H20N6O2/c1-2-24-16-10-14(11-19-23-17(18)20-21-22-23)8-9-15(16)25-12-13-6-4-3-5-7-13/h3-10,19H,2,11-12H2,1H3,(H2,18,20,22). The summed E-state index contributed by atoms with van der Waals surface area (Å²) in [5.74, 6) is 1.60. The van der Waals surface area contributed by atoms with Crippen LogP contribution in [0.25, 0.3) is 0 Å². The molecule has 0 aliphatic carbocycles. The first-order valence-corrected chi connectivity index (χ1v) is 7.96. The van der Waals surface area contributed by atoms with Crippen LogP contribution in [0.3, 0.4) is 0 Å². The van der Waals surface area contributed by atoms with E-state index in [2.05, 4.69) is 21.0 Å². The van der Waals surface area contributed by atoms with Gasteiger partial charge in [-0.15, -0.1) is 4.79 Å². The number of nitrogen functional groups attached to an aromatic ring is 1. The number of aromatic nitrogens is 4. The Morgan fingerprint density at radius 2 is 1.88 bits per heavy atom. The van der Waals surface area contributed by atoms with Gasteiger partial charge in [0.15, 0.2) is 11.5 Å². The number of rotatable bonds is 8. The van der Waals surface area contributed by atoms with Crippen LogP contribution in [0.1, 0.15) is 18.1 Å². The van der Waals surface area contributed by atoms with Crippen molar-refractivity contribution in [1.82, 2.24) is 20.3 Å². The van der Waals surface area contributed by atoms with E-state index in [0.29, 0.717) is 31.3 Å². The van der Waals surface area contributed by atoms with E-state index in [1.54, 1.807) is 0 Å². The van der Waals surface area contributed by atoms with Crippen LogP contribution < -0.4 is 20.6 Å². The van der Waals surface area contributed by atoms with Crippen LogP contribution in [-0.4, -0.2) is 26.9 Å². The van der Waals surface area contributed by atoms with E-state index in [9.17, 15) is 0 Å². The second kappa shape index (κ2) is 8.00. The molecule has 8 nitrogen and oxygen atoms in total. The molecule has 0 fully saturated rings. The minimum absolute atomic E-state index is 0.202. The maximum Gasteiger partial charge on any atom is 0.260 e. The van der Waals surface area contributed by atoms with Crippen molar-refractivity contribution in [3.63, 3.8) is 0 Å². The lowest BCUT2D eigenvalue weighted by Gasteiger charge is -2.14. The van der Waals surface area contributed by atoms with Gasteiger partial charge in [0.2, 0.25) is 0 Å². The molecule has 0 spiro atoms. The van der Waals surface area contributed by atoms with Gasteiger partial charge in [-0.2, -0.15) is 0 Å². The first kappa shape index (κ1) is 16.6. The summed E-state index contributed by atoms with van der Waals surface area (Å²) in [6.45, 7) is 3.47. The summed E-state index contributed by atoms with van der Waals surface area (Å²) in [6, 6.07) is 15.8. The Kier molecular flexibility index (Phi) is 5.30. The monoisotopic (exact) mass is 340 g/mol. The van der Waals surface area contributed by atoms with Gasteiger partial charge in [-0.1, -0.05) is 41.5 Å². The van der Waals surface area contributed by atoms with Gasteiger partial charge >= 0.3 is 0 Å². The summed E-state index contributed by atoms with van der Waals surface area (Å²) in [7, 11) is 0. The molecule has 0 saturated heterocycles. The van der Waals surface area contributed by atoms with Gasteiger partial charge in [-0.25, -0.2) is 0 Å².